The van der Waals surface area contributed by atoms with Crippen molar-refractivity contribution in [2.75, 3.05) is 59.4 Å². The second kappa shape index (κ2) is 12.4. The summed E-state index contributed by atoms with van der Waals surface area (Å²) in [5, 5.41) is 10.3. The number of carbonyl (C=O) groups excluding carboxylic acids is 1. The molecule has 8 heteroatoms. The Kier molecular flexibility index (Phi) is 10.2. The van der Waals surface area contributed by atoms with E-state index < -0.39 is 0 Å². The Morgan fingerprint density at radius 2 is 1.77 bits per heavy atom. The van der Waals surface area contributed by atoms with Gasteiger partial charge in [0.1, 0.15) is 6.26 Å². The number of hydrogen-bond acceptors (Lipinski definition) is 7. The van der Waals surface area contributed by atoms with Crippen LogP contribution in [0.4, 0.5) is 0 Å². The fourth-order valence-corrected chi connectivity index (χ4v) is 3.72. The van der Waals surface area contributed by atoms with Crippen LogP contribution in [0.1, 0.15) is 56.9 Å². The number of hydrogen-bond donors (Lipinski definition) is 1. The van der Waals surface area contributed by atoms with E-state index in [1.807, 2.05) is 11.9 Å². The summed E-state index contributed by atoms with van der Waals surface area (Å²) in [5.41, 5.74) is 0.405. The molecule has 1 aliphatic heterocycles. The van der Waals surface area contributed by atoms with Gasteiger partial charge in [-0.05, 0) is 33.7 Å². The third kappa shape index (κ3) is 7.65. The van der Waals surface area contributed by atoms with Crippen LogP contribution < -0.4 is 0 Å². The topological polar surface area (TPSA) is 76.3 Å². The van der Waals surface area contributed by atoms with Gasteiger partial charge in [-0.25, -0.2) is 4.98 Å². The highest BCUT2D eigenvalue weighted by atomic mass is 16.3. The standard InChI is InChI=1S/C22H41N5O3/c1-6-8-27(9-7-2)22(29)20-17-30-21(23-20)16-26-12-10-25(11-13-26)15-19(28)14-24(5)18(3)4/h17-19,28H,6-16H2,1-5H3. The number of β-amino-alcohol motifs (C(OH)–C–C–N with tert-alkyl or cyclic N) is 1. The Morgan fingerprint density at radius 3 is 2.33 bits per heavy atom. The van der Waals surface area contributed by atoms with Crippen molar-refractivity contribution in [3.05, 3.63) is 17.8 Å². The molecular formula is C22H41N5O3. The van der Waals surface area contributed by atoms with Crippen LogP contribution >= 0.6 is 0 Å². The monoisotopic (exact) mass is 423 g/mol. The van der Waals surface area contributed by atoms with E-state index in [2.05, 4.69) is 47.4 Å². The summed E-state index contributed by atoms with van der Waals surface area (Å²) >= 11 is 0. The number of aromatic nitrogens is 1. The Hall–Kier alpha value is -1.48. The van der Waals surface area contributed by atoms with Crippen molar-refractivity contribution < 1.29 is 14.3 Å². The third-order valence-electron chi connectivity index (χ3n) is 5.72. The molecule has 2 heterocycles. The molecule has 1 fully saturated rings. The molecule has 0 radical (unpaired) electrons. The lowest BCUT2D eigenvalue weighted by Crippen LogP contribution is -2.49. The average molecular weight is 424 g/mol. The molecule has 0 aromatic carbocycles. The van der Waals surface area contributed by atoms with Crippen LogP contribution in [0, 0.1) is 0 Å². The number of aliphatic hydroxyl groups excluding tert-OH is 1. The number of oxazole rings is 1. The van der Waals surface area contributed by atoms with Gasteiger partial charge in [0.2, 0.25) is 5.89 Å². The molecule has 1 aromatic rings. The van der Waals surface area contributed by atoms with Crippen LogP contribution in [0.3, 0.4) is 0 Å². The Labute approximate surface area is 181 Å². The number of amides is 1. The maximum atomic E-state index is 12.7. The molecule has 1 unspecified atom stereocenters. The number of likely N-dealkylation sites (N-methyl/N-ethyl adjacent to an activating group) is 1. The molecule has 0 saturated carbocycles. The molecule has 0 bridgehead atoms. The zero-order chi connectivity index (χ0) is 22.1. The molecule has 1 amide bonds. The predicted molar refractivity (Wildman–Crippen MR) is 118 cm³/mol. The molecule has 30 heavy (non-hydrogen) atoms. The second-order valence-electron chi connectivity index (χ2n) is 8.68. The Balaban J connectivity index is 1.78. The van der Waals surface area contributed by atoms with Crippen molar-refractivity contribution in [3.63, 3.8) is 0 Å². The first kappa shape index (κ1) is 24.8. The van der Waals surface area contributed by atoms with Crippen molar-refractivity contribution in [1.29, 1.82) is 0 Å². The van der Waals surface area contributed by atoms with Crippen molar-refractivity contribution in [1.82, 2.24) is 24.6 Å². The molecular weight excluding hydrogens is 382 g/mol. The van der Waals surface area contributed by atoms with Gasteiger partial charge in [-0.2, -0.15) is 0 Å². The van der Waals surface area contributed by atoms with Crippen LogP contribution in [-0.2, 0) is 6.54 Å². The summed E-state index contributed by atoms with van der Waals surface area (Å²) in [7, 11) is 2.05. The summed E-state index contributed by atoms with van der Waals surface area (Å²) in [6.07, 6.45) is 3.03. The van der Waals surface area contributed by atoms with Gasteiger partial charge >= 0.3 is 0 Å². The number of rotatable bonds is 12. The summed E-state index contributed by atoms with van der Waals surface area (Å²) in [4.78, 5) is 25.7. The summed E-state index contributed by atoms with van der Waals surface area (Å²) in [5.74, 6) is 0.553. The van der Waals surface area contributed by atoms with Gasteiger partial charge in [0, 0.05) is 58.4 Å². The van der Waals surface area contributed by atoms with E-state index >= 15 is 0 Å². The maximum absolute atomic E-state index is 12.7. The fraction of sp³-hybridized carbons (Fsp3) is 0.818. The van der Waals surface area contributed by atoms with E-state index in [-0.39, 0.29) is 12.0 Å². The van der Waals surface area contributed by atoms with E-state index in [1.165, 1.54) is 6.26 Å². The minimum Gasteiger partial charge on any atom is -0.447 e. The molecule has 1 saturated heterocycles. The minimum atomic E-state index is -0.335. The van der Waals surface area contributed by atoms with Crippen LogP contribution in [-0.4, -0.2) is 107 Å². The fourth-order valence-electron chi connectivity index (χ4n) is 3.72. The first-order chi connectivity index (χ1) is 14.3. The number of nitrogens with zero attached hydrogens (tertiary/aromatic N) is 5. The lowest BCUT2D eigenvalue weighted by Gasteiger charge is -2.35. The Morgan fingerprint density at radius 1 is 1.17 bits per heavy atom. The second-order valence-corrected chi connectivity index (χ2v) is 8.68. The quantitative estimate of drug-likeness (QED) is 0.549. The van der Waals surface area contributed by atoms with Crippen LogP contribution in [0.15, 0.2) is 10.7 Å². The average Bonchev–Trinajstić information content (AvgIpc) is 3.17. The van der Waals surface area contributed by atoms with Gasteiger partial charge in [0.15, 0.2) is 5.69 Å². The molecule has 172 valence electrons. The van der Waals surface area contributed by atoms with Gasteiger partial charge in [0.05, 0.1) is 12.6 Å². The molecule has 0 aliphatic carbocycles. The normalized spacial score (nSPS) is 17.1. The van der Waals surface area contributed by atoms with Gasteiger partial charge < -0.3 is 19.3 Å². The SMILES string of the molecule is CCCN(CCC)C(=O)c1coc(CN2CCN(CC(O)CN(C)C(C)C)CC2)n1. The maximum Gasteiger partial charge on any atom is 0.275 e. The van der Waals surface area contributed by atoms with E-state index in [4.69, 9.17) is 4.42 Å². The number of aliphatic hydroxyl groups is 1. The van der Waals surface area contributed by atoms with Gasteiger partial charge in [0.25, 0.3) is 5.91 Å². The minimum absolute atomic E-state index is 0.0427. The molecule has 2 rings (SSSR count). The molecule has 1 aromatic heterocycles. The van der Waals surface area contributed by atoms with Crippen molar-refractivity contribution in [2.24, 2.45) is 0 Å². The molecule has 1 aliphatic rings. The van der Waals surface area contributed by atoms with Crippen molar-refractivity contribution >= 4 is 5.91 Å². The lowest BCUT2D eigenvalue weighted by molar-refractivity contribution is 0.0469. The molecule has 0 spiro atoms. The number of carbonyl (C=O) groups is 1. The summed E-state index contributed by atoms with van der Waals surface area (Å²) in [6.45, 7) is 15.5. The number of piperazine rings is 1. The zero-order valence-electron chi connectivity index (χ0n) is 19.5. The van der Waals surface area contributed by atoms with Crippen molar-refractivity contribution in [2.45, 2.75) is 59.2 Å². The van der Waals surface area contributed by atoms with E-state index in [0.29, 0.717) is 37.3 Å². The highest BCUT2D eigenvalue weighted by molar-refractivity contribution is 5.91. The lowest BCUT2D eigenvalue weighted by atomic mass is 10.2. The third-order valence-corrected chi connectivity index (χ3v) is 5.72. The zero-order valence-corrected chi connectivity index (χ0v) is 19.5. The molecule has 8 nitrogen and oxygen atoms in total. The van der Waals surface area contributed by atoms with Gasteiger partial charge in [-0.15, -0.1) is 0 Å². The molecule has 1 atom stereocenters. The highest BCUT2D eigenvalue weighted by Gasteiger charge is 2.23. The summed E-state index contributed by atoms with van der Waals surface area (Å²) < 4.78 is 5.59. The van der Waals surface area contributed by atoms with Gasteiger partial charge in [-0.3, -0.25) is 14.6 Å². The van der Waals surface area contributed by atoms with E-state index in [0.717, 1.165) is 52.1 Å². The highest BCUT2D eigenvalue weighted by Crippen LogP contribution is 2.12. The van der Waals surface area contributed by atoms with Crippen LogP contribution in [0.25, 0.3) is 0 Å². The first-order valence-corrected chi connectivity index (χ1v) is 11.4. The molecule has 1 N–H and O–H groups in total. The van der Waals surface area contributed by atoms with Crippen LogP contribution in [0.2, 0.25) is 0 Å². The van der Waals surface area contributed by atoms with E-state index in [1.54, 1.807) is 0 Å². The van der Waals surface area contributed by atoms with Crippen LogP contribution in [0.5, 0.6) is 0 Å². The predicted octanol–water partition coefficient (Wildman–Crippen LogP) is 1.76. The van der Waals surface area contributed by atoms with Crippen molar-refractivity contribution in [3.8, 4) is 0 Å². The first-order valence-electron chi connectivity index (χ1n) is 11.4. The van der Waals surface area contributed by atoms with E-state index in [9.17, 15) is 9.90 Å². The Bertz CT molecular complexity index is 622. The summed E-state index contributed by atoms with van der Waals surface area (Å²) in [6, 6.07) is 0.435. The largest absolute Gasteiger partial charge is 0.447 e. The van der Waals surface area contributed by atoms with Gasteiger partial charge in [-0.1, -0.05) is 13.8 Å². The smallest absolute Gasteiger partial charge is 0.275 e.